The normalized spacial score (nSPS) is 17.2. The van der Waals surface area contributed by atoms with Gasteiger partial charge in [0, 0.05) is 12.1 Å². The average Bonchev–Trinajstić information content (AvgIpc) is 2.67. The molecule has 88 valence electrons. The van der Waals surface area contributed by atoms with Gasteiger partial charge in [0.2, 0.25) is 5.91 Å². The summed E-state index contributed by atoms with van der Waals surface area (Å²) in [5.74, 6) is 0.260. The Balaban J connectivity index is 2.28. The fourth-order valence-electron chi connectivity index (χ4n) is 1.20. The summed E-state index contributed by atoms with van der Waals surface area (Å²) in [4.78, 5) is 25.2. The topological polar surface area (TPSA) is 84.6 Å². The fraction of sp³-hybridized carbons (Fsp3) is 0.111. The van der Waals surface area contributed by atoms with E-state index < -0.39 is 4.92 Å². The molecule has 0 radical (unpaired) electrons. The van der Waals surface area contributed by atoms with Crippen LogP contribution in [0.4, 0.5) is 11.4 Å². The van der Waals surface area contributed by atoms with E-state index in [1.165, 1.54) is 30.0 Å². The van der Waals surface area contributed by atoms with E-state index in [0.717, 1.165) is 0 Å². The lowest BCUT2D eigenvalue weighted by Gasteiger charge is -2.00. The zero-order valence-corrected chi connectivity index (χ0v) is 10.7. The van der Waals surface area contributed by atoms with E-state index in [-0.39, 0.29) is 11.6 Å². The molecule has 1 fully saturated rings. The number of amidine groups is 1. The number of rotatable bonds is 2. The molecule has 1 aliphatic rings. The maximum atomic E-state index is 11.0. The fourth-order valence-corrected chi connectivity index (χ4v) is 2.34. The van der Waals surface area contributed by atoms with Crippen molar-refractivity contribution in [2.75, 3.05) is 5.75 Å². The first-order chi connectivity index (χ1) is 8.06. The molecule has 1 N–H and O–H groups in total. The van der Waals surface area contributed by atoms with E-state index in [0.29, 0.717) is 21.1 Å². The molecule has 1 aliphatic heterocycles. The number of amides is 1. The van der Waals surface area contributed by atoms with E-state index in [1.54, 1.807) is 0 Å². The standard InChI is InChI=1S/C9H6BrN3O3S/c10-6-3-5(13(15)16)1-2-7(6)11-9-12-8(14)4-17-9/h1-3H,4H2,(H,11,12,14). The lowest BCUT2D eigenvalue weighted by Crippen LogP contribution is -2.19. The van der Waals surface area contributed by atoms with Crippen LogP contribution in [-0.4, -0.2) is 21.8 Å². The molecule has 2 rings (SSSR count). The predicted octanol–water partition coefficient (Wildman–Crippen LogP) is 2.21. The number of benzene rings is 1. The first kappa shape index (κ1) is 12.1. The highest BCUT2D eigenvalue weighted by atomic mass is 79.9. The summed E-state index contributed by atoms with van der Waals surface area (Å²) < 4.78 is 0.515. The number of carbonyl (C=O) groups is 1. The van der Waals surface area contributed by atoms with Gasteiger partial charge in [0.05, 0.1) is 20.8 Å². The summed E-state index contributed by atoms with van der Waals surface area (Å²) in [6, 6.07) is 4.27. The van der Waals surface area contributed by atoms with E-state index >= 15 is 0 Å². The van der Waals surface area contributed by atoms with Gasteiger partial charge in [-0.2, -0.15) is 0 Å². The number of thioether (sulfide) groups is 1. The first-order valence-electron chi connectivity index (χ1n) is 4.51. The quantitative estimate of drug-likeness (QED) is 0.669. The molecular weight excluding hydrogens is 310 g/mol. The third-order valence-corrected chi connectivity index (χ3v) is 3.46. The number of hydrogen-bond donors (Lipinski definition) is 1. The minimum absolute atomic E-state index is 0.0102. The summed E-state index contributed by atoms with van der Waals surface area (Å²) in [6.07, 6.45) is 0. The SMILES string of the molecule is O=C1CSC(=Nc2ccc([N+](=O)[O-])cc2Br)N1. The van der Waals surface area contributed by atoms with Gasteiger partial charge in [-0.15, -0.1) is 0 Å². The van der Waals surface area contributed by atoms with E-state index in [2.05, 4.69) is 26.2 Å². The van der Waals surface area contributed by atoms with E-state index in [1.807, 2.05) is 0 Å². The maximum Gasteiger partial charge on any atom is 0.270 e. The van der Waals surface area contributed by atoms with E-state index in [9.17, 15) is 14.9 Å². The van der Waals surface area contributed by atoms with Gasteiger partial charge >= 0.3 is 0 Å². The van der Waals surface area contributed by atoms with Crippen LogP contribution in [-0.2, 0) is 4.79 Å². The number of hydrogen-bond acceptors (Lipinski definition) is 5. The molecule has 0 spiro atoms. The molecule has 0 aliphatic carbocycles. The van der Waals surface area contributed by atoms with Gasteiger partial charge in [0.15, 0.2) is 5.17 Å². The third kappa shape index (κ3) is 2.83. The predicted molar refractivity (Wildman–Crippen MR) is 68.5 cm³/mol. The van der Waals surface area contributed by atoms with Crippen LogP contribution in [0.5, 0.6) is 0 Å². The van der Waals surface area contributed by atoms with Crippen LogP contribution in [0, 0.1) is 10.1 Å². The van der Waals surface area contributed by atoms with Crippen molar-refractivity contribution >= 4 is 50.1 Å². The van der Waals surface area contributed by atoms with Crippen LogP contribution in [0.15, 0.2) is 27.7 Å². The minimum Gasteiger partial charge on any atom is -0.304 e. The Bertz CT molecular complexity index is 532. The summed E-state index contributed by atoms with van der Waals surface area (Å²) in [7, 11) is 0. The number of carbonyl (C=O) groups excluding carboxylic acids is 1. The van der Waals surface area contributed by atoms with Gasteiger partial charge in [-0.25, -0.2) is 4.99 Å². The lowest BCUT2D eigenvalue weighted by atomic mass is 10.3. The molecule has 1 amide bonds. The second-order valence-electron chi connectivity index (χ2n) is 3.15. The zero-order valence-electron chi connectivity index (χ0n) is 8.34. The Kier molecular flexibility index (Phi) is 3.43. The second-order valence-corrected chi connectivity index (χ2v) is 4.97. The Morgan fingerprint density at radius 3 is 2.82 bits per heavy atom. The molecule has 0 atom stereocenters. The van der Waals surface area contributed by atoms with Crippen molar-refractivity contribution in [3.8, 4) is 0 Å². The van der Waals surface area contributed by atoms with Crippen molar-refractivity contribution in [1.82, 2.24) is 5.32 Å². The summed E-state index contributed by atoms with van der Waals surface area (Å²) in [5, 5.41) is 13.6. The highest BCUT2D eigenvalue weighted by Gasteiger charge is 2.17. The monoisotopic (exact) mass is 315 g/mol. The largest absolute Gasteiger partial charge is 0.304 e. The van der Waals surface area contributed by atoms with Crippen molar-refractivity contribution < 1.29 is 9.72 Å². The average molecular weight is 316 g/mol. The molecule has 17 heavy (non-hydrogen) atoms. The Morgan fingerprint density at radius 2 is 2.29 bits per heavy atom. The molecule has 8 heteroatoms. The van der Waals surface area contributed by atoms with Crippen molar-refractivity contribution in [2.24, 2.45) is 4.99 Å². The highest BCUT2D eigenvalue weighted by Crippen LogP contribution is 2.30. The number of non-ortho nitro benzene ring substituents is 1. The van der Waals surface area contributed by atoms with Gasteiger partial charge in [-0.1, -0.05) is 11.8 Å². The molecule has 0 aromatic heterocycles. The Morgan fingerprint density at radius 1 is 1.53 bits per heavy atom. The van der Waals surface area contributed by atoms with Crippen LogP contribution in [0.1, 0.15) is 0 Å². The first-order valence-corrected chi connectivity index (χ1v) is 6.29. The minimum atomic E-state index is -0.478. The summed E-state index contributed by atoms with van der Waals surface area (Å²) in [6.45, 7) is 0. The smallest absolute Gasteiger partial charge is 0.270 e. The molecule has 0 bridgehead atoms. The van der Waals surface area contributed by atoms with Crippen molar-refractivity contribution in [1.29, 1.82) is 0 Å². The van der Waals surface area contributed by atoms with E-state index in [4.69, 9.17) is 0 Å². The zero-order chi connectivity index (χ0) is 12.4. The van der Waals surface area contributed by atoms with Crippen molar-refractivity contribution in [3.63, 3.8) is 0 Å². The van der Waals surface area contributed by atoms with Crippen LogP contribution >= 0.6 is 27.7 Å². The number of nitro groups is 1. The number of nitrogens with zero attached hydrogens (tertiary/aromatic N) is 2. The van der Waals surface area contributed by atoms with Crippen LogP contribution < -0.4 is 5.32 Å². The Hall–Kier alpha value is -1.41. The van der Waals surface area contributed by atoms with Gasteiger partial charge < -0.3 is 5.32 Å². The summed E-state index contributed by atoms with van der Waals surface area (Å²) >= 11 is 4.50. The molecule has 0 unspecified atom stereocenters. The molecular formula is C9H6BrN3O3S. The second kappa shape index (κ2) is 4.84. The molecule has 1 heterocycles. The highest BCUT2D eigenvalue weighted by molar-refractivity contribution is 9.10. The van der Waals surface area contributed by atoms with Crippen LogP contribution in [0.2, 0.25) is 0 Å². The Labute approximate surface area is 109 Å². The number of aliphatic imine (C=N–C) groups is 1. The van der Waals surface area contributed by atoms with Crippen LogP contribution in [0.25, 0.3) is 0 Å². The molecule has 1 aromatic rings. The third-order valence-electron chi connectivity index (χ3n) is 1.95. The molecule has 6 nitrogen and oxygen atoms in total. The van der Waals surface area contributed by atoms with Gasteiger partial charge in [-0.05, 0) is 22.0 Å². The molecule has 1 aromatic carbocycles. The van der Waals surface area contributed by atoms with Crippen molar-refractivity contribution in [3.05, 3.63) is 32.8 Å². The molecule has 0 saturated carbocycles. The van der Waals surface area contributed by atoms with Gasteiger partial charge in [0.1, 0.15) is 0 Å². The molecule has 1 saturated heterocycles. The van der Waals surface area contributed by atoms with Crippen LogP contribution in [0.3, 0.4) is 0 Å². The number of nitrogens with one attached hydrogen (secondary N) is 1. The summed E-state index contributed by atoms with van der Waals surface area (Å²) in [5.41, 5.74) is 0.532. The number of halogens is 1. The van der Waals surface area contributed by atoms with Gasteiger partial charge in [-0.3, -0.25) is 14.9 Å². The van der Waals surface area contributed by atoms with Crippen molar-refractivity contribution in [2.45, 2.75) is 0 Å². The lowest BCUT2D eigenvalue weighted by molar-refractivity contribution is -0.384. The maximum absolute atomic E-state index is 11.0. The van der Waals surface area contributed by atoms with Gasteiger partial charge in [0.25, 0.3) is 5.69 Å². The number of nitro benzene ring substituents is 1.